The van der Waals surface area contributed by atoms with Crippen LogP contribution in [0.5, 0.6) is 11.5 Å². The summed E-state index contributed by atoms with van der Waals surface area (Å²) in [5.74, 6) is -0.516. The number of nitrogens with zero attached hydrogens (tertiary/aromatic N) is 2. The van der Waals surface area contributed by atoms with Crippen LogP contribution < -0.4 is 14.6 Å². The molecule has 29 heavy (non-hydrogen) atoms. The van der Waals surface area contributed by atoms with Gasteiger partial charge in [0.25, 0.3) is 0 Å². The van der Waals surface area contributed by atoms with E-state index in [0.717, 1.165) is 11.1 Å². The summed E-state index contributed by atoms with van der Waals surface area (Å²) in [6, 6.07) is 12.2. The molecule has 7 nitrogen and oxygen atoms in total. The molecule has 0 aromatic heterocycles. The SMILES string of the molecule is COc1ccc(C2=NN(C(=O)CCC(=O)[O-])[C@H](c3ccc(Cl)cc3)C2)cc1OC. The molecular formula is C21H20ClN2O5-. The molecule has 0 unspecified atom stereocenters. The Hall–Kier alpha value is -3.06. The lowest BCUT2D eigenvalue weighted by Gasteiger charge is -2.22. The third-order valence-electron chi connectivity index (χ3n) is 4.68. The molecule has 1 aliphatic heterocycles. The fraction of sp³-hybridized carbons (Fsp3) is 0.286. The number of rotatable bonds is 7. The van der Waals surface area contributed by atoms with Crippen molar-refractivity contribution in [3.63, 3.8) is 0 Å². The number of carbonyl (C=O) groups excluding carboxylic acids is 2. The summed E-state index contributed by atoms with van der Waals surface area (Å²) in [7, 11) is 3.10. The number of hydrogen-bond acceptors (Lipinski definition) is 6. The van der Waals surface area contributed by atoms with Gasteiger partial charge in [0.05, 0.1) is 26.0 Å². The van der Waals surface area contributed by atoms with E-state index in [4.69, 9.17) is 21.1 Å². The number of benzene rings is 2. The highest BCUT2D eigenvalue weighted by Crippen LogP contribution is 2.36. The van der Waals surface area contributed by atoms with E-state index in [1.807, 2.05) is 18.2 Å². The molecular weight excluding hydrogens is 396 g/mol. The van der Waals surface area contributed by atoms with Gasteiger partial charge in [-0.05, 0) is 42.3 Å². The van der Waals surface area contributed by atoms with Gasteiger partial charge in [-0.3, -0.25) is 4.79 Å². The molecule has 3 rings (SSSR count). The molecule has 1 amide bonds. The fourth-order valence-corrected chi connectivity index (χ4v) is 3.32. The van der Waals surface area contributed by atoms with Crippen LogP contribution in [0.4, 0.5) is 0 Å². The highest BCUT2D eigenvalue weighted by Gasteiger charge is 2.33. The Morgan fingerprint density at radius 1 is 1.10 bits per heavy atom. The van der Waals surface area contributed by atoms with Gasteiger partial charge in [0, 0.05) is 29.4 Å². The summed E-state index contributed by atoms with van der Waals surface area (Å²) in [4.78, 5) is 23.4. The zero-order chi connectivity index (χ0) is 21.0. The van der Waals surface area contributed by atoms with E-state index < -0.39 is 5.97 Å². The van der Waals surface area contributed by atoms with Gasteiger partial charge in [-0.25, -0.2) is 5.01 Å². The Morgan fingerprint density at radius 2 is 1.79 bits per heavy atom. The van der Waals surface area contributed by atoms with Gasteiger partial charge in [-0.2, -0.15) is 5.10 Å². The van der Waals surface area contributed by atoms with Gasteiger partial charge in [0.2, 0.25) is 5.91 Å². The zero-order valence-corrected chi connectivity index (χ0v) is 16.8. The molecule has 2 aromatic carbocycles. The van der Waals surface area contributed by atoms with Crippen LogP contribution in [-0.2, 0) is 9.59 Å². The number of amides is 1. The summed E-state index contributed by atoms with van der Waals surface area (Å²) in [5, 5.41) is 17.2. The predicted octanol–water partition coefficient (Wildman–Crippen LogP) is 2.57. The molecule has 0 spiro atoms. The Bertz CT molecular complexity index is 943. The van der Waals surface area contributed by atoms with E-state index >= 15 is 0 Å². The van der Waals surface area contributed by atoms with E-state index in [9.17, 15) is 14.7 Å². The van der Waals surface area contributed by atoms with Crippen molar-refractivity contribution in [2.45, 2.75) is 25.3 Å². The van der Waals surface area contributed by atoms with E-state index in [2.05, 4.69) is 5.10 Å². The zero-order valence-electron chi connectivity index (χ0n) is 16.1. The second kappa shape index (κ2) is 8.96. The minimum atomic E-state index is -1.27. The molecule has 0 bridgehead atoms. The van der Waals surface area contributed by atoms with Crippen molar-refractivity contribution < 1.29 is 24.2 Å². The second-order valence-electron chi connectivity index (χ2n) is 6.50. The Balaban J connectivity index is 1.94. The van der Waals surface area contributed by atoms with Crippen LogP contribution in [0.3, 0.4) is 0 Å². The van der Waals surface area contributed by atoms with Crippen molar-refractivity contribution in [1.29, 1.82) is 0 Å². The first-order valence-corrected chi connectivity index (χ1v) is 9.38. The number of methoxy groups -OCH3 is 2. The first-order valence-electron chi connectivity index (χ1n) is 9.00. The fourth-order valence-electron chi connectivity index (χ4n) is 3.20. The molecule has 1 heterocycles. The Kier molecular flexibility index (Phi) is 6.39. The topological polar surface area (TPSA) is 91.3 Å². The quantitative estimate of drug-likeness (QED) is 0.693. The van der Waals surface area contributed by atoms with Gasteiger partial charge in [0.1, 0.15) is 0 Å². The summed E-state index contributed by atoms with van der Waals surface area (Å²) in [6.07, 6.45) is -0.0762. The Morgan fingerprint density at radius 3 is 2.41 bits per heavy atom. The van der Waals surface area contributed by atoms with Crippen molar-refractivity contribution in [3.05, 3.63) is 58.6 Å². The lowest BCUT2D eigenvalue weighted by Crippen LogP contribution is -2.29. The maximum absolute atomic E-state index is 12.7. The number of ether oxygens (including phenoxy) is 2. The van der Waals surface area contributed by atoms with Gasteiger partial charge in [-0.1, -0.05) is 23.7 Å². The average molecular weight is 416 g/mol. The van der Waals surface area contributed by atoms with Crippen molar-refractivity contribution in [2.24, 2.45) is 5.10 Å². The minimum absolute atomic E-state index is 0.185. The van der Waals surface area contributed by atoms with Gasteiger partial charge in [0.15, 0.2) is 11.5 Å². The van der Waals surface area contributed by atoms with E-state index in [0.29, 0.717) is 28.7 Å². The number of hydrogen-bond donors (Lipinski definition) is 0. The maximum Gasteiger partial charge on any atom is 0.243 e. The number of carboxylic acid groups (broad SMARTS) is 1. The minimum Gasteiger partial charge on any atom is -0.550 e. The lowest BCUT2D eigenvalue weighted by atomic mass is 9.98. The second-order valence-corrected chi connectivity index (χ2v) is 6.93. The third kappa shape index (κ3) is 4.68. The maximum atomic E-state index is 12.7. The lowest BCUT2D eigenvalue weighted by molar-refractivity contribution is -0.305. The summed E-state index contributed by atoms with van der Waals surface area (Å²) in [6.45, 7) is 0. The number of halogens is 1. The van der Waals surface area contributed by atoms with Crippen molar-refractivity contribution in [2.75, 3.05) is 14.2 Å². The van der Waals surface area contributed by atoms with Crippen molar-refractivity contribution in [3.8, 4) is 11.5 Å². The van der Waals surface area contributed by atoms with Gasteiger partial charge >= 0.3 is 0 Å². The molecule has 8 heteroatoms. The normalized spacial score (nSPS) is 15.8. The standard InChI is InChI=1S/C21H21ClN2O5/c1-28-18-8-5-14(11-19(18)29-2)16-12-17(13-3-6-15(22)7-4-13)24(23-16)20(25)9-10-21(26)27/h3-8,11,17H,9-10,12H2,1-2H3,(H,26,27)/p-1/t17-/m0/s1. The smallest absolute Gasteiger partial charge is 0.243 e. The Labute approximate surface area is 173 Å². The summed E-state index contributed by atoms with van der Waals surface area (Å²) >= 11 is 5.98. The molecule has 1 aliphatic rings. The molecule has 0 saturated carbocycles. The van der Waals surface area contributed by atoms with E-state index in [1.165, 1.54) is 5.01 Å². The van der Waals surface area contributed by atoms with Gasteiger partial charge < -0.3 is 19.4 Å². The van der Waals surface area contributed by atoms with Crippen molar-refractivity contribution in [1.82, 2.24) is 5.01 Å². The molecule has 0 N–H and O–H groups in total. The van der Waals surface area contributed by atoms with Crippen LogP contribution in [0.2, 0.25) is 5.02 Å². The van der Waals surface area contributed by atoms with E-state index in [-0.39, 0.29) is 24.8 Å². The van der Waals surface area contributed by atoms with Crippen LogP contribution in [0.25, 0.3) is 0 Å². The number of hydrazone groups is 1. The monoisotopic (exact) mass is 415 g/mol. The molecule has 152 valence electrons. The highest BCUT2D eigenvalue weighted by molar-refractivity contribution is 6.30. The summed E-state index contributed by atoms with van der Waals surface area (Å²) in [5.41, 5.74) is 2.33. The van der Waals surface area contributed by atoms with E-state index in [1.54, 1.807) is 38.5 Å². The highest BCUT2D eigenvalue weighted by atomic mass is 35.5. The van der Waals surface area contributed by atoms with Crippen LogP contribution in [-0.4, -0.2) is 36.8 Å². The van der Waals surface area contributed by atoms with Crippen LogP contribution in [0.15, 0.2) is 47.6 Å². The van der Waals surface area contributed by atoms with Crippen LogP contribution in [0, 0.1) is 0 Å². The first-order chi connectivity index (χ1) is 13.9. The molecule has 0 saturated heterocycles. The number of carbonyl (C=O) groups is 2. The molecule has 2 aromatic rings. The van der Waals surface area contributed by atoms with Crippen LogP contribution >= 0.6 is 11.6 Å². The average Bonchev–Trinajstić information content (AvgIpc) is 3.17. The molecule has 0 radical (unpaired) electrons. The third-order valence-corrected chi connectivity index (χ3v) is 4.93. The number of aliphatic carboxylic acids is 1. The number of carboxylic acids is 1. The summed E-state index contributed by atoms with van der Waals surface area (Å²) < 4.78 is 10.6. The largest absolute Gasteiger partial charge is 0.550 e. The van der Waals surface area contributed by atoms with Gasteiger partial charge in [-0.15, -0.1) is 0 Å². The molecule has 0 aliphatic carbocycles. The predicted molar refractivity (Wildman–Crippen MR) is 106 cm³/mol. The van der Waals surface area contributed by atoms with Crippen LogP contribution in [0.1, 0.15) is 36.4 Å². The molecule has 1 atom stereocenters. The first kappa shape index (κ1) is 20.7. The van der Waals surface area contributed by atoms with Crippen molar-refractivity contribution >= 4 is 29.2 Å². The molecule has 0 fully saturated rings.